The zero-order valence-electron chi connectivity index (χ0n) is 8.64. The van der Waals surface area contributed by atoms with Crippen LogP contribution in [0.15, 0.2) is 23.8 Å². The molecule has 1 nitrogen and oxygen atoms in total. The second kappa shape index (κ2) is 7.50. The van der Waals surface area contributed by atoms with Crippen LogP contribution in [0.25, 0.3) is 0 Å². The van der Waals surface area contributed by atoms with Crippen LogP contribution < -0.4 is 0 Å². The van der Waals surface area contributed by atoms with Crippen LogP contribution in [0.3, 0.4) is 0 Å². The van der Waals surface area contributed by atoms with E-state index in [0.29, 0.717) is 5.33 Å². The van der Waals surface area contributed by atoms with Crippen LogP contribution in [0.1, 0.15) is 6.92 Å². The minimum atomic E-state index is -1.23. The van der Waals surface area contributed by atoms with E-state index in [9.17, 15) is 5.11 Å². The highest BCUT2D eigenvalue weighted by Gasteiger charge is 2.27. The third-order valence-electron chi connectivity index (χ3n) is 1.97. The summed E-state index contributed by atoms with van der Waals surface area (Å²) in [5.74, 6) is 0.243. The molecular formula is C10H13BrCl4O. The van der Waals surface area contributed by atoms with E-state index < -0.39 is 15.9 Å². The fraction of sp³-hybridized carbons (Fsp3) is 0.600. The third kappa shape index (κ3) is 5.61. The lowest BCUT2D eigenvalue weighted by Crippen LogP contribution is -2.32. The van der Waals surface area contributed by atoms with Crippen molar-refractivity contribution in [1.82, 2.24) is 0 Å². The Morgan fingerprint density at radius 2 is 2.00 bits per heavy atom. The minimum absolute atomic E-state index is 0.243. The highest BCUT2D eigenvalue weighted by Crippen LogP contribution is 2.25. The molecule has 0 aliphatic rings. The summed E-state index contributed by atoms with van der Waals surface area (Å²) in [5.41, 5.74) is -0.000562. The van der Waals surface area contributed by atoms with Crippen molar-refractivity contribution in [1.29, 1.82) is 0 Å². The van der Waals surface area contributed by atoms with Gasteiger partial charge in [-0.15, -0.1) is 34.8 Å². The Morgan fingerprint density at radius 3 is 2.38 bits per heavy atom. The molecule has 16 heavy (non-hydrogen) atoms. The second-order valence-corrected chi connectivity index (χ2v) is 5.88. The van der Waals surface area contributed by atoms with Gasteiger partial charge in [0.25, 0.3) is 0 Å². The molecule has 6 heteroatoms. The van der Waals surface area contributed by atoms with Gasteiger partial charge in [-0.2, -0.15) is 0 Å². The monoisotopic (exact) mass is 368 g/mol. The summed E-state index contributed by atoms with van der Waals surface area (Å²) in [5, 5.41) is 9.75. The number of halogens is 5. The van der Waals surface area contributed by atoms with E-state index in [-0.39, 0.29) is 5.88 Å². The molecule has 0 amide bonds. The van der Waals surface area contributed by atoms with Crippen molar-refractivity contribution < 1.29 is 5.11 Å². The fourth-order valence-electron chi connectivity index (χ4n) is 0.796. The number of hydrogen-bond donors (Lipinski definition) is 1. The normalized spacial score (nSPS) is 22.2. The van der Waals surface area contributed by atoms with E-state index in [1.165, 1.54) is 11.6 Å². The smallest absolute Gasteiger partial charge is 0.101 e. The number of alkyl halides is 4. The Balaban J connectivity index is 4.66. The molecule has 0 spiro atoms. The topological polar surface area (TPSA) is 20.2 Å². The van der Waals surface area contributed by atoms with Gasteiger partial charge >= 0.3 is 0 Å². The average Bonchev–Trinajstić information content (AvgIpc) is 2.25. The summed E-state index contributed by atoms with van der Waals surface area (Å²) in [6.45, 7) is 1.55. The molecule has 0 aromatic heterocycles. The first-order valence-corrected chi connectivity index (χ1v) is 7.36. The molecule has 0 saturated carbocycles. The SMILES string of the molecule is C[C@](O)(/C=C/Cl)[C@H](Cl)/C=C/[C@@](Cl)(CCl)CBr. The van der Waals surface area contributed by atoms with Crippen molar-refractivity contribution in [3.05, 3.63) is 23.8 Å². The van der Waals surface area contributed by atoms with Gasteiger partial charge < -0.3 is 5.11 Å². The van der Waals surface area contributed by atoms with Crippen molar-refractivity contribution in [3.63, 3.8) is 0 Å². The summed E-state index contributed by atoms with van der Waals surface area (Å²) in [7, 11) is 0. The van der Waals surface area contributed by atoms with Crippen LogP contribution in [-0.2, 0) is 0 Å². The van der Waals surface area contributed by atoms with Crippen LogP contribution in [0.5, 0.6) is 0 Å². The molecule has 3 atom stereocenters. The van der Waals surface area contributed by atoms with Gasteiger partial charge in [-0.05, 0) is 13.0 Å². The molecule has 0 saturated heterocycles. The average molecular weight is 371 g/mol. The van der Waals surface area contributed by atoms with Gasteiger partial charge in [-0.25, -0.2) is 0 Å². The van der Waals surface area contributed by atoms with E-state index in [0.717, 1.165) is 0 Å². The lowest BCUT2D eigenvalue weighted by molar-refractivity contribution is 0.119. The van der Waals surface area contributed by atoms with Gasteiger partial charge in [-0.1, -0.05) is 39.7 Å². The minimum Gasteiger partial charge on any atom is -0.384 e. The van der Waals surface area contributed by atoms with Crippen molar-refractivity contribution in [3.8, 4) is 0 Å². The summed E-state index contributed by atoms with van der Waals surface area (Å²) in [4.78, 5) is -0.699. The van der Waals surface area contributed by atoms with E-state index in [1.54, 1.807) is 19.1 Å². The van der Waals surface area contributed by atoms with E-state index in [4.69, 9.17) is 46.4 Å². The fourth-order valence-corrected chi connectivity index (χ4v) is 2.07. The number of allylic oxidation sites excluding steroid dienone is 1. The molecule has 0 bridgehead atoms. The van der Waals surface area contributed by atoms with Gasteiger partial charge in [0.1, 0.15) is 5.60 Å². The number of aliphatic hydroxyl groups is 1. The summed E-state index contributed by atoms with van der Waals surface area (Å²) >= 11 is 26.5. The first kappa shape index (κ1) is 17.1. The Labute approximate surface area is 125 Å². The van der Waals surface area contributed by atoms with Gasteiger partial charge in [0.2, 0.25) is 0 Å². The number of hydrogen-bond acceptors (Lipinski definition) is 1. The lowest BCUT2D eigenvalue weighted by Gasteiger charge is -2.24. The molecule has 94 valence electrons. The third-order valence-corrected chi connectivity index (χ3v) is 5.01. The summed E-state index contributed by atoms with van der Waals surface area (Å²) < 4.78 is 0. The molecule has 0 aliphatic carbocycles. The highest BCUT2D eigenvalue weighted by molar-refractivity contribution is 9.09. The van der Waals surface area contributed by atoms with Crippen molar-refractivity contribution >= 4 is 62.3 Å². The second-order valence-electron chi connectivity index (χ2n) is 3.58. The standard InChI is InChI=1S/C10H13BrCl4O/c1-9(16,4-5-12)8(14)2-3-10(15,6-11)7-13/h2-5,8,16H,6-7H2,1H3/b3-2+,5-4+/t8-,9+,10+/m1/s1. The van der Waals surface area contributed by atoms with Gasteiger partial charge in [0.15, 0.2) is 0 Å². The van der Waals surface area contributed by atoms with E-state index >= 15 is 0 Å². The van der Waals surface area contributed by atoms with E-state index in [1.807, 2.05) is 0 Å². The Hall–Kier alpha value is 1.08. The Morgan fingerprint density at radius 1 is 1.44 bits per heavy atom. The summed E-state index contributed by atoms with van der Waals surface area (Å²) in [6.07, 6.45) is 4.68. The molecule has 1 N–H and O–H groups in total. The molecule has 0 heterocycles. The summed E-state index contributed by atoms with van der Waals surface area (Å²) in [6, 6.07) is 0. The van der Waals surface area contributed by atoms with Crippen LogP contribution in [-0.4, -0.2) is 32.2 Å². The molecule has 0 rings (SSSR count). The Bertz CT molecular complexity index is 262. The van der Waals surface area contributed by atoms with E-state index in [2.05, 4.69) is 15.9 Å². The highest BCUT2D eigenvalue weighted by atomic mass is 79.9. The first-order chi connectivity index (χ1) is 7.31. The number of rotatable bonds is 6. The Kier molecular flexibility index (Phi) is 8.01. The maximum absolute atomic E-state index is 9.88. The van der Waals surface area contributed by atoms with Crippen LogP contribution in [0.4, 0.5) is 0 Å². The molecule has 0 unspecified atom stereocenters. The van der Waals surface area contributed by atoms with Crippen molar-refractivity contribution in [2.24, 2.45) is 0 Å². The van der Waals surface area contributed by atoms with Crippen molar-refractivity contribution in [2.45, 2.75) is 22.8 Å². The molecular weight excluding hydrogens is 358 g/mol. The predicted octanol–water partition coefficient (Wildman–Crippen LogP) is 4.26. The predicted molar refractivity (Wildman–Crippen MR) is 77.5 cm³/mol. The largest absolute Gasteiger partial charge is 0.384 e. The lowest BCUT2D eigenvalue weighted by atomic mass is 10.0. The maximum Gasteiger partial charge on any atom is 0.101 e. The van der Waals surface area contributed by atoms with Crippen LogP contribution in [0.2, 0.25) is 0 Å². The van der Waals surface area contributed by atoms with Gasteiger partial charge in [-0.3, -0.25) is 0 Å². The van der Waals surface area contributed by atoms with Gasteiger partial charge in [0.05, 0.1) is 10.3 Å². The zero-order valence-corrected chi connectivity index (χ0v) is 13.2. The van der Waals surface area contributed by atoms with Gasteiger partial charge in [0, 0.05) is 16.7 Å². The first-order valence-electron chi connectivity index (χ1n) is 4.46. The molecule has 0 radical (unpaired) electrons. The van der Waals surface area contributed by atoms with Crippen LogP contribution in [0, 0.1) is 0 Å². The van der Waals surface area contributed by atoms with Crippen molar-refractivity contribution in [2.75, 3.05) is 11.2 Å². The maximum atomic E-state index is 9.88. The molecule has 0 aromatic carbocycles. The van der Waals surface area contributed by atoms with Crippen LogP contribution >= 0.6 is 62.3 Å². The molecule has 0 fully saturated rings. The quantitative estimate of drug-likeness (QED) is 0.547. The molecule has 0 aliphatic heterocycles. The molecule has 0 aromatic rings. The zero-order chi connectivity index (χ0) is 12.8.